The molecule has 0 heterocycles. The predicted molar refractivity (Wildman–Crippen MR) is 178 cm³/mol. The fraction of sp³-hybridized carbons (Fsp3) is 0.697. The van der Waals surface area contributed by atoms with Crippen molar-refractivity contribution >= 4 is 11.9 Å². The van der Waals surface area contributed by atoms with Gasteiger partial charge in [0.15, 0.2) is 0 Å². The van der Waals surface area contributed by atoms with Gasteiger partial charge in [-0.15, -0.1) is 18.1 Å². The van der Waals surface area contributed by atoms with Crippen molar-refractivity contribution < 1.29 is 1470 Å². The quantitative estimate of drug-likeness (QED) is 0.0899. The van der Waals surface area contributed by atoms with Gasteiger partial charge in [-0.3, -0.25) is 35.9 Å². The van der Waals surface area contributed by atoms with E-state index in [1.54, 1.807) is 6.92 Å². The van der Waals surface area contributed by atoms with Gasteiger partial charge in [0.05, 0.1) is 0 Å². The fourth-order valence-corrected chi connectivity index (χ4v) is 2.99. The minimum absolute atomic E-state index is 0. The maximum atomic E-state index is 10.2. The third kappa shape index (κ3) is 309. The van der Waals surface area contributed by atoms with Crippen molar-refractivity contribution in [2.75, 3.05) is 6.61 Å². The van der Waals surface area contributed by atoms with Gasteiger partial charge in [-0.25, -0.2) is 0 Å². The Bertz CT molecular complexity index is 798. The molecule has 0 bridgehead atoms. The summed E-state index contributed by atoms with van der Waals surface area (Å²) < 4.78 is 0. The Morgan fingerprint density at radius 3 is 0.609 bits per heavy atom. The molecular formula is C33H64N4O6Y44-4. The predicted octanol–water partition coefficient (Wildman–Crippen LogP) is 3.61. The normalized spacial score (nSPS) is 6.79. The summed E-state index contributed by atoms with van der Waals surface area (Å²) in [4.78, 5) is 20.5. The molecule has 0 unspecified atom stereocenters. The van der Waals surface area contributed by atoms with Crippen LogP contribution in [-0.4, -0.2) is 93.4 Å². The number of rotatable bonds is 19. The van der Waals surface area contributed by atoms with Crippen molar-refractivity contribution in [2.24, 2.45) is 0 Å². The molecule has 0 aliphatic carbocycles. The van der Waals surface area contributed by atoms with Gasteiger partial charge in [-0.1, -0.05) is 75.3 Å². The molecule has 8 N–H and O–H groups in total. The van der Waals surface area contributed by atoms with Crippen LogP contribution in [0.15, 0.2) is 26.3 Å². The molecule has 0 rings (SSSR count). The third-order valence-electron chi connectivity index (χ3n) is 4.77. The van der Waals surface area contributed by atoms with Crippen molar-refractivity contribution in [3.05, 3.63) is 50.6 Å². The van der Waals surface area contributed by atoms with E-state index in [1.165, 1.54) is 0 Å². The van der Waals surface area contributed by atoms with Crippen molar-refractivity contribution in [1.29, 1.82) is 0 Å². The van der Waals surface area contributed by atoms with Crippen LogP contribution in [0.4, 0.5) is 0 Å². The number of hydrogen-bond acceptors (Lipinski definition) is 8. The molecule has 0 aliphatic rings. The first-order chi connectivity index (χ1) is 19.4. The van der Waals surface area contributed by atoms with Gasteiger partial charge < -0.3 is 66.0 Å². The molecule has 0 spiro atoms. The van der Waals surface area contributed by atoms with Gasteiger partial charge >= 0.3 is 11.9 Å². The van der Waals surface area contributed by atoms with E-state index in [1.807, 2.05) is 55.4 Å². The Morgan fingerprint density at radius 1 is 0.322 bits per heavy atom. The number of carboxylic acids is 2. The molecule has 388 valence electrons. The van der Waals surface area contributed by atoms with Gasteiger partial charge in [0.1, 0.15) is 0 Å². The monoisotopic (exact) mass is 4520 g/mol. The van der Waals surface area contributed by atoms with Crippen molar-refractivity contribution in [3.8, 4) is 0 Å². The Balaban J connectivity index is -0.00000000402. The van der Waals surface area contributed by atoms with Crippen LogP contribution in [-0.2, 0) is 1450 Å². The van der Waals surface area contributed by atoms with E-state index in [2.05, 4.69) is 71.9 Å². The van der Waals surface area contributed by atoms with Crippen molar-refractivity contribution in [2.45, 2.75) is 143 Å². The van der Waals surface area contributed by atoms with Crippen molar-refractivity contribution in [3.63, 3.8) is 0 Å². The first-order valence-electron chi connectivity index (χ1n) is 14.3. The summed E-state index contributed by atoms with van der Waals surface area (Å²) in [5.41, 5.74) is 0. The number of aliphatic hydroxyl groups excluding tert-OH is 2. The average Bonchev–Trinajstić information content (AvgIpc) is 2.87. The number of nitrogens with one attached hydrogen (secondary N) is 4. The standard InChI is InChI=1S/C9H16NO2.C8H14NO2.C8H16NO.C7H14NO.CH4.44Y/c1-4-8(10-7(2)3)5-6-9(11)12;1-4-7(5-8(10)11)9-6(2)3;1-5-8(7(4)10)9-6(2)3;1-4-7(5-9)8-6(2)3;;;;;;;;;;;;;;;;;;;;;;;;;;;;;;;;;;;;;;;;;;;;;/h7-8,10H,1,5-6H2,2-3H3,(H,11,12);6-7,9H,1,5H2,2-3H3,(H,10,11);6-10H,1H2,2-4H3;6-9H,1,5H2,2-3H3;1H4;;;;;;;;;;;;;;;;;;;;;;;;;;;;;;;;;;;;;;;;;;;;/q4*-1;;;;;;;;;;;;;;;;;;;;;;;;;;;;;;;;;;;;;;;;;;;;;/t8-;7-;7-,8-;7-;;;;;;;;;;;;;;;;;;;;;;;;;;;;;;;;;;;;;;;;;;;;;/m1111............................................./s1. The molecule has 0 amide bonds. The fourth-order valence-electron chi connectivity index (χ4n) is 2.99. The van der Waals surface area contributed by atoms with Crippen LogP contribution in [0, 0.1) is 24.3 Å². The molecule has 0 aromatic rings. The van der Waals surface area contributed by atoms with Crippen LogP contribution < -0.4 is 21.3 Å². The minimum Gasteiger partial charge on any atom is -0.486 e. The van der Waals surface area contributed by atoms with Crippen LogP contribution in [0.25, 0.3) is 0 Å². The van der Waals surface area contributed by atoms with E-state index in [-0.39, 0.29) is 1500 Å². The van der Waals surface area contributed by atoms with Gasteiger partial charge in [0.25, 0.3) is 0 Å². The molecule has 0 aromatic carbocycles. The number of aliphatic hydroxyl groups is 2. The van der Waals surface area contributed by atoms with E-state index in [9.17, 15) is 9.59 Å². The largest absolute Gasteiger partial charge is 0.486 e. The van der Waals surface area contributed by atoms with Gasteiger partial charge in [-0.2, -0.15) is 0 Å². The minimum atomic E-state index is -0.834. The summed E-state index contributed by atoms with van der Waals surface area (Å²) in [5, 5.41) is 46.9. The van der Waals surface area contributed by atoms with Crippen LogP contribution in [0.5, 0.6) is 0 Å². The molecule has 0 saturated heterocycles. The molecule has 87 heavy (non-hydrogen) atoms. The van der Waals surface area contributed by atoms with Crippen molar-refractivity contribution in [1.82, 2.24) is 21.3 Å². The van der Waals surface area contributed by atoms with Crippen LogP contribution in [0.3, 0.4) is 0 Å². The second-order valence-electron chi connectivity index (χ2n) is 10.7. The summed E-state index contributed by atoms with van der Waals surface area (Å²) >= 11 is 0. The summed E-state index contributed by atoms with van der Waals surface area (Å²) in [5.74, 6) is -1.61. The topological polar surface area (TPSA) is 163 Å². The van der Waals surface area contributed by atoms with Gasteiger partial charge in [0.2, 0.25) is 0 Å². The number of aliphatic carboxylic acids is 2. The molecule has 0 saturated carbocycles. The SMILES string of the molecule is C.C=[C-][C@@H](NC(C)C)[C@@H](C)O.C=[C-][C@H](CC(=O)O)NC(C)C.C=[C-][C@H](CCC(=O)O)NC(C)C.C=[C-][C@H](CO)NC(C)C.[Y].[Y].[Y].[Y].[Y].[Y].[Y].[Y].[Y].[Y].[Y].[Y].[Y].[Y].[Y].[Y].[Y].[Y].[Y].[Y].[Y].[Y].[Y].[Y].[Y].[Y].[Y].[Y].[Y].[Y].[Y].[Y].[Y].[Y].[Y].[Y].[Y].[Y].[Y].[Y].[Y].[Y].[Y].[Y]. The average molecular weight is 4520 g/mol. The van der Waals surface area contributed by atoms with E-state index in [0.717, 1.165) is 0 Å². The zero-order valence-electron chi connectivity index (χ0n) is 52.9. The molecule has 54 heteroatoms. The maximum Gasteiger partial charge on any atom is 0.303 e. The van der Waals surface area contributed by atoms with Crippen LogP contribution >= 0.6 is 0 Å². The van der Waals surface area contributed by atoms with E-state index >= 15 is 0 Å². The summed E-state index contributed by atoms with van der Waals surface area (Å²) in [6.07, 6.45) is 11.1. The molecule has 44 radical (unpaired) electrons. The molecular weight excluding hydrogens is 4460 g/mol. The number of carbonyl (C=O) groups is 2. The number of hydrogen-bond donors (Lipinski definition) is 8. The van der Waals surface area contributed by atoms with Gasteiger partial charge in [0, 0.05) is 1460 Å². The summed E-state index contributed by atoms with van der Waals surface area (Å²) in [6.45, 7) is 31.6. The zero-order chi connectivity index (χ0) is 33.8. The first kappa shape index (κ1) is 328. The summed E-state index contributed by atoms with van der Waals surface area (Å²) in [7, 11) is 0. The Labute approximate surface area is 1640 Å². The van der Waals surface area contributed by atoms with E-state index in [0.29, 0.717) is 24.5 Å². The second-order valence-corrected chi connectivity index (χ2v) is 10.7. The van der Waals surface area contributed by atoms with E-state index < -0.39 is 18.0 Å². The molecule has 5 atom stereocenters. The van der Waals surface area contributed by atoms with Crippen LogP contribution in [0.2, 0.25) is 0 Å². The molecule has 0 aliphatic heterocycles. The maximum absolute atomic E-state index is 10.2. The smallest absolute Gasteiger partial charge is 0.303 e. The molecule has 0 aromatic heterocycles. The Kier molecular flexibility index (Phi) is 1030. The second kappa shape index (κ2) is 274. The molecule has 0 fully saturated rings. The van der Waals surface area contributed by atoms with Crippen LogP contribution in [0.1, 0.15) is 89.0 Å². The number of carboxylic acid groups (broad SMARTS) is 2. The Morgan fingerprint density at radius 2 is 0.506 bits per heavy atom. The molecule has 10 nitrogen and oxygen atoms in total. The third-order valence-corrected chi connectivity index (χ3v) is 4.77. The van der Waals surface area contributed by atoms with E-state index in [4.69, 9.17) is 20.4 Å². The Hall–Kier alpha value is 46.2. The first-order valence-corrected chi connectivity index (χ1v) is 14.3. The van der Waals surface area contributed by atoms with Gasteiger partial charge in [-0.05, 0) is 31.1 Å². The summed E-state index contributed by atoms with van der Waals surface area (Å²) in [6, 6.07) is 0.871. The zero-order valence-corrected chi connectivity index (χ0v) is 178.